The molecule has 2 aromatic carbocycles. The van der Waals surface area contributed by atoms with E-state index in [0.717, 1.165) is 24.3 Å². The van der Waals surface area contributed by atoms with Gasteiger partial charge in [0.25, 0.3) is 15.9 Å². The minimum absolute atomic E-state index is 0.00699. The molecule has 3 atom stereocenters. The van der Waals surface area contributed by atoms with Crippen molar-refractivity contribution in [3.8, 4) is 5.75 Å². The summed E-state index contributed by atoms with van der Waals surface area (Å²) in [6, 6.07) is 7.95. The number of nitrogens with zero attached hydrogens (tertiary/aromatic N) is 2. The Labute approximate surface area is 222 Å². The number of para-hydroxylation sites is 1. The number of amides is 3. The van der Waals surface area contributed by atoms with Gasteiger partial charge in [0.15, 0.2) is 5.75 Å². The number of hydrogen-bond acceptors (Lipinski definition) is 6. The molecule has 3 amide bonds. The van der Waals surface area contributed by atoms with Crippen LogP contribution in [0.25, 0.3) is 0 Å². The molecule has 0 fully saturated rings. The molecule has 1 aliphatic heterocycles. The molecule has 0 spiro atoms. The first-order valence-electron chi connectivity index (χ1n) is 12.4. The summed E-state index contributed by atoms with van der Waals surface area (Å²) in [6.45, 7) is 7.38. The van der Waals surface area contributed by atoms with Crippen molar-refractivity contribution in [2.75, 3.05) is 31.5 Å². The fourth-order valence-corrected chi connectivity index (χ4v) is 5.13. The van der Waals surface area contributed by atoms with Crippen LogP contribution in [0.3, 0.4) is 0 Å². The number of carbonyl (C=O) groups excluding carboxylic acids is 2. The van der Waals surface area contributed by atoms with Gasteiger partial charge in [-0.25, -0.2) is 17.6 Å². The Kier molecular flexibility index (Phi) is 9.21. The predicted molar refractivity (Wildman–Crippen MR) is 141 cm³/mol. The zero-order valence-corrected chi connectivity index (χ0v) is 23.0. The van der Waals surface area contributed by atoms with E-state index in [1.54, 1.807) is 14.0 Å². The fourth-order valence-electron chi connectivity index (χ4n) is 4.07. The van der Waals surface area contributed by atoms with E-state index in [9.17, 15) is 27.5 Å². The maximum atomic E-state index is 13.6. The van der Waals surface area contributed by atoms with Crippen LogP contribution in [0.1, 0.15) is 38.1 Å². The van der Waals surface area contributed by atoms with Crippen molar-refractivity contribution in [3.63, 3.8) is 0 Å². The number of carbonyl (C=O) groups is 2. The van der Waals surface area contributed by atoms with Crippen molar-refractivity contribution in [1.29, 1.82) is 0 Å². The summed E-state index contributed by atoms with van der Waals surface area (Å²) < 4.78 is 48.3. The molecule has 0 radical (unpaired) electrons. The van der Waals surface area contributed by atoms with Gasteiger partial charge in [-0.2, -0.15) is 0 Å². The van der Waals surface area contributed by atoms with Gasteiger partial charge in [-0.3, -0.25) is 9.52 Å². The molecule has 0 saturated heterocycles. The Balaban J connectivity index is 2.05. The molecule has 0 aromatic heterocycles. The fraction of sp³-hybridized carbons (Fsp3) is 0.462. The highest BCUT2D eigenvalue weighted by Gasteiger charge is 2.35. The van der Waals surface area contributed by atoms with Crippen molar-refractivity contribution in [3.05, 3.63) is 53.8 Å². The number of urea groups is 1. The molecule has 0 saturated carbocycles. The number of ether oxygens (including phenoxy) is 1. The minimum Gasteiger partial charge on any atom is -0.485 e. The molecule has 0 unspecified atom stereocenters. The molecular weight excluding hydrogens is 515 g/mol. The van der Waals surface area contributed by atoms with Gasteiger partial charge in [-0.05, 0) is 57.2 Å². The zero-order chi connectivity index (χ0) is 28.2. The van der Waals surface area contributed by atoms with E-state index in [2.05, 4.69) is 10.0 Å². The Morgan fingerprint density at radius 2 is 1.87 bits per heavy atom. The minimum atomic E-state index is -4.15. The highest BCUT2D eigenvalue weighted by molar-refractivity contribution is 7.92. The van der Waals surface area contributed by atoms with Crippen LogP contribution >= 0.6 is 0 Å². The highest BCUT2D eigenvalue weighted by atomic mass is 32.2. The number of halogens is 1. The number of sulfonamides is 1. The van der Waals surface area contributed by atoms with E-state index < -0.39 is 33.9 Å². The second-order valence-corrected chi connectivity index (χ2v) is 11.5. The summed E-state index contributed by atoms with van der Waals surface area (Å²) in [6.07, 6.45) is -0.630. The lowest BCUT2D eigenvalue weighted by molar-refractivity contribution is 0.0369. The van der Waals surface area contributed by atoms with Gasteiger partial charge in [0.1, 0.15) is 11.9 Å². The Hall–Kier alpha value is -3.38. The summed E-state index contributed by atoms with van der Waals surface area (Å²) in [4.78, 5) is 29.0. The molecular formula is C26H35FN4O6S. The molecule has 1 aliphatic rings. The van der Waals surface area contributed by atoms with Gasteiger partial charge in [-0.15, -0.1) is 0 Å². The first-order valence-corrected chi connectivity index (χ1v) is 13.8. The molecule has 38 heavy (non-hydrogen) atoms. The zero-order valence-electron chi connectivity index (χ0n) is 22.1. The maximum Gasteiger partial charge on any atom is 0.317 e. The van der Waals surface area contributed by atoms with E-state index in [0.29, 0.717) is 0 Å². The van der Waals surface area contributed by atoms with Crippen molar-refractivity contribution < 1.29 is 32.2 Å². The number of hydrogen-bond donors (Lipinski definition) is 3. The number of aliphatic hydroxyl groups excluding tert-OH is 1. The molecule has 0 aliphatic carbocycles. The van der Waals surface area contributed by atoms with Gasteiger partial charge in [-0.1, -0.05) is 13.0 Å². The van der Waals surface area contributed by atoms with Crippen LogP contribution in [0.5, 0.6) is 5.75 Å². The summed E-state index contributed by atoms with van der Waals surface area (Å²) in [5.74, 6) is -1.30. The van der Waals surface area contributed by atoms with Crippen LogP contribution in [-0.4, -0.2) is 80.2 Å². The molecule has 3 rings (SSSR count). The Bertz CT molecular complexity index is 1250. The first-order chi connectivity index (χ1) is 17.8. The maximum absolute atomic E-state index is 13.6. The van der Waals surface area contributed by atoms with Crippen LogP contribution in [-0.2, 0) is 10.0 Å². The lowest BCUT2D eigenvalue weighted by Gasteiger charge is -2.38. The Morgan fingerprint density at radius 1 is 1.21 bits per heavy atom. The first kappa shape index (κ1) is 29.2. The number of fused-ring (bicyclic) bond motifs is 1. The summed E-state index contributed by atoms with van der Waals surface area (Å²) >= 11 is 0. The van der Waals surface area contributed by atoms with E-state index in [4.69, 9.17) is 4.74 Å². The summed E-state index contributed by atoms with van der Waals surface area (Å²) in [7, 11) is -2.53. The molecule has 2 aromatic rings. The van der Waals surface area contributed by atoms with E-state index in [-0.39, 0.29) is 59.6 Å². The van der Waals surface area contributed by atoms with Gasteiger partial charge in [0.05, 0.1) is 35.3 Å². The predicted octanol–water partition coefficient (Wildman–Crippen LogP) is 2.90. The second kappa shape index (κ2) is 12.0. The highest BCUT2D eigenvalue weighted by Crippen LogP contribution is 2.36. The largest absolute Gasteiger partial charge is 0.485 e. The van der Waals surface area contributed by atoms with Crippen LogP contribution in [0.2, 0.25) is 0 Å². The lowest BCUT2D eigenvalue weighted by Crippen LogP contribution is -2.51. The third kappa shape index (κ3) is 6.73. The Morgan fingerprint density at radius 3 is 2.47 bits per heavy atom. The summed E-state index contributed by atoms with van der Waals surface area (Å²) in [5, 5.41) is 12.6. The van der Waals surface area contributed by atoms with Crippen LogP contribution in [0.15, 0.2) is 47.4 Å². The average Bonchev–Trinajstić information content (AvgIpc) is 2.85. The van der Waals surface area contributed by atoms with Crippen LogP contribution < -0.4 is 14.8 Å². The smallest absolute Gasteiger partial charge is 0.317 e. The van der Waals surface area contributed by atoms with Gasteiger partial charge in [0, 0.05) is 25.6 Å². The second-order valence-electron chi connectivity index (χ2n) is 9.85. The van der Waals surface area contributed by atoms with E-state index in [1.807, 2.05) is 20.8 Å². The normalized spacial score (nSPS) is 18.6. The lowest BCUT2D eigenvalue weighted by atomic mass is 9.99. The third-order valence-corrected chi connectivity index (χ3v) is 7.65. The summed E-state index contributed by atoms with van der Waals surface area (Å²) in [5.41, 5.74) is 0.126. The topological polar surface area (TPSA) is 128 Å². The molecule has 0 bridgehead atoms. The average molecular weight is 551 g/mol. The van der Waals surface area contributed by atoms with E-state index >= 15 is 0 Å². The monoisotopic (exact) mass is 550 g/mol. The quantitative estimate of drug-likeness (QED) is 0.464. The number of benzene rings is 2. The number of anilines is 1. The molecule has 1 heterocycles. The molecule has 10 nitrogen and oxygen atoms in total. The van der Waals surface area contributed by atoms with Crippen LogP contribution in [0.4, 0.5) is 14.9 Å². The molecule has 12 heteroatoms. The molecule has 208 valence electrons. The van der Waals surface area contributed by atoms with Gasteiger partial charge in [0.2, 0.25) is 0 Å². The molecule has 3 N–H and O–H groups in total. The third-order valence-electron chi connectivity index (χ3n) is 6.27. The SMILES string of the molecule is CC(C)NC(=O)N(C)C[C@@H]1Oc2c(NS(=O)(=O)c3ccc(F)cc3)cccc2C(=O)N([C@@H](C)CO)C[C@H]1C. The van der Waals surface area contributed by atoms with Crippen LogP contribution in [0, 0.1) is 11.7 Å². The van der Waals surface area contributed by atoms with Crippen molar-refractivity contribution in [2.24, 2.45) is 5.92 Å². The number of nitrogens with one attached hydrogen (secondary N) is 2. The van der Waals surface area contributed by atoms with Crippen molar-refractivity contribution in [1.82, 2.24) is 15.1 Å². The van der Waals surface area contributed by atoms with E-state index in [1.165, 1.54) is 28.0 Å². The number of likely N-dealkylation sites (N-methyl/N-ethyl adjacent to an activating group) is 1. The van der Waals surface area contributed by atoms with Crippen molar-refractivity contribution in [2.45, 2.75) is 50.8 Å². The standard InChI is InChI=1S/C26H35FN4O6S/c1-16(2)28-26(34)30(5)14-23-17(3)13-31(18(4)15-32)25(33)21-7-6-8-22(24(21)37-23)29-38(35,36)20-11-9-19(27)10-12-20/h6-12,16-18,23,29,32H,13-15H2,1-5H3,(H,28,34)/t17-,18+,23+/m1/s1. The van der Waals surface area contributed by atoms with Gasteiger partial charge < -0.3 is 25.0 Å². The van der Waals surface area contributed by atoms with Crippen molar-refractivity contribution >= 4 is 27.6 Å². The van der Waals surface area contributed by atoms with Gasteiger partial charge >= 0.3 is 6.03 Å². The number of rotatable bonds is 8. The number of aliphatic hydroxyl groups is 1.